The van der Waals surface area contributed by atoms with Crippen LogP contribution in [0, 0.1) is 0 Å². The van der Waals surface area contributed by atoms with E-state index in [1.807, 2.05) is 0 Å². The minimum atomic E-state index is -3.70. The number of benzene rings is 2. The molecule has 2 aromatic carbocycles. The molecule has 0 heterocycles. The van der Waals surface area contributed by atoms with Crippen LogP contribution in [0.1, 0.15) is 0 Å². The first-order chi connectivity index (χ1) is 8.47. The summed E-state index contributed by atoms with van der Waals surface area (Å²) in [5, 5.41) is 9.79. The molecule has 4 nitrogen and oxygen atoms in total. The highest BCUT2D eigenvalue weighted by Crippen LogP contribution is 2.20. The zero-order valence-electron chi connectivity index (χ0n) is 9.17. The quantitative estimate of drug-likeness (QED) is 0.910. The van der Waals surface area contributed by atoms with Gasteiger partial charge < -0.3 is 5.11 Å². The third-order valence-corrected chi connectivity index (χ3v) is 3.86. The van der Waals surface area contributed by atoms with Crippen LogP contribution in [0.2, 0.25) is 5.02 Å². The number of hydrogen-bond acceptors (Lipinski definition) is 3. The second kappa shape index (κ2) is 4.88. The van der Waals surface area contributed by atoms with Crippen molar-refractivity contribution in [2.45, 2.75) is 4.90 Å². The number of anilines is 1. The van der Waals surface area contributed by atoms with Crippen LogP contribution in [0.25, 0.3) is 0 Å². The molecule has 2 rings (SSSR count). The Labute approximate surface area is 110 Å². The van der Waals surface area contributed by atoms with Crippen molar-refractivity contribution >= 4 is 27.3 Å². The maximum Gasteiger partial charge on any atom is 0.262 e. The van der Waals surface area contributed by atoms with Crippen molar-refractivity contribution in [2.24, 2.45) is 0 Å². The molecule has 0 atom stereocenters. The summed E-state index contributed by atoms with van der Waals surface area (Å²) in [5.41, 5.74) is 0.405. The Morgan fingerprint density at radius 2 is 1.72 bits per heavy atom. The van der Waals surface area contributed by atoms with E-state index in [1.165, 1.54) is 24.3 Å². The fourth-order valence-electron chi connectivity index (χ4n) is 1.38. The Morgan fingerprint density at radius 3 is 2.33 bits per heavy atom. The molecule has 0 spiro atoms. The van der Waals surface area contributed by atoms with Gasteiger partial charge in [0.1, 0.15) is 5.75 Å². The first kappa shape index (κ1) is 12.7. The highest BCUT2D eigenvalue weighted by atomic mass is 35.5. The summed E-state index contributed by atoms with van der Waals surface area (Å²) in [6.07, 6.45) is 0. The van der Waals surface area contributed by atoms with Gasteiger partial charge in [0, 0.05) is 16.8 Å². The van der Waals surface area contributed by atoms with Crippen molar-refractivity contribution in [3.05, 3.63) is 53.6 Å². The van der Waals surface area contributed by atoms with Gasteiger partial charge in [-0.15, -0.1) is 0 Å². The molecule has 0 aromatic heterocycles. The monoisotopic (exact) mass is 283 g/mol. The molecule has 0 fully saturated rings. The van der Waals surface area contributed by atoms with Gasteiger partial charge in [-0.25, -0.2) is 8.42 Å². The molecule has 0 aliphatic rings. The summed E-state index contributed by atoms with van der Waals surface area (Å²) in [6, 6.07) is 11.7. The maximum absolute atomic E-state index is 12.0. The fraction of sp³-hybridized carbons (Fsp3) is 0. The summed E-state index contributed by atoms with van der Waals surface area (Å²) in [4.78, 5) is -0.00236. The Morgan fingerprint density at radius 1 is 1.06 bits per heavy atom. The van der Waals surface area contributed by atoms with Gasteiger partial charge in [-0.2, -0.15) is 0 Å². The number of sulfonamides is 1. The van der Waals surface area contributed by atoms with Crippen LogP contribution in [0.15, 0.2) is 53.4 Å². The van der Waals surface area contributed by atoms with Gasteiger partial charge in [-0.3, -0.25) is 4.72 Å². The Bertz CT molecular complexity index is 653. The average molecular weight is 284 g/mol. The number of nitrogens with one attached hydrogen (secondary N) is 1. The Kier molecular flexibility index (Phi) is 3.45. The van der Waals surface area contributed by atoms with Crippen LogP contribution in [0.3, 0.4) is 0 Å². The van der Waals surface area contributed by atoms with Crippen LogP contribution in [0.5, 0.6) is 5.75 Å². The minimum Gasteiger partial charge on any atom is -0.508 e. The third kappa shape index (κ3) is 2.94. The van der Waals surface area contributed by atoms with Gasteiger partial charge in [-0.1, -0.05) is 17.7 Å². The van der Waals surface area contributed by atoms with Crippen molar-refractivity contribution in [1.29, 1.82) is 0 Å². The summed E-state index contributed by atoms with van der Waals surface area (Å²) in [7, 11) is -3.70. The Balaban J connectivity index is 2.30. The van der Waals surface area contributed by atoms with E-state index < -0.39 is 10.0 Å². The normalized spacial score (nSPS) is 11.2. The average Bonchev–Trinajstić information content (AvgIpc) is 2.32. The SMILES string of the molecule is O=S(=O)(Nc1ccc(Cl)cc1)c1cccc(O)c1. The van der Waals surface area contributed by atoms with Gasteiger partial charge in [-0.05, 0) is 36.4 Å². The standard InChI is InChI=1S/C12H10ClNO3S/c13-9-4-6-10(7-5-9)14-18(16,17)12-3-1-2-11(15)8-12/h1-8,14-15H. The second-order valence-corrected chi connectivity index (χ2v) is 5.73. The van der Waals surface area contributed by atoms with Crippen molar-refractivity contribution in [3.8, 4) is 5.75 Å². The number of halogens is 1. The topological polar surface area (TPSA) is 66.4 Å². The lowest BCUT2D eigenvalue weighted by atomic mass is 10.3. The van der Waals surface area contributed by atoms with Gasteiger partial charge in [0.25, 0.3) is 10.0 Å². The first-order valence-corrected chi connectivity index (χ1v) is 6.91. The fourth-order valence-corrected chi connectivity index (χ4v) is 2.61. The van der Waals surface area contributed by atoms with Crippen molar-refractivity contribution in [3.63, 3.8) is 0 Å². The largest absolute Gasteiger partial charge is 0.508 e. The van der Waals surface area contributed by atoms with Crippen LogP contribution < -0.4 is 4.72 Å². The van der Waals surface area contributed by atoms with Crippen LogP contribution >= 0.6 is 11.6 Å². The number of aromatic hydroxyl groups is 1. The van der Waals surface area contributed by atoms with Gasteiger partial charge in [0.05, 0.1) is 4.90 Å². The van der Waals surface area contributed by atoms with Gasteiger partial charge in [0.15, 0.2) is 0 Å². The summed E-state index contributed by atoms with van der Waals surface area (Å²) in [5.74, 6) is -0.103. The molecule has 0 saturated heterocycles. The lowest BCUT2D eigenvalue weighted by Gasteiger charge is -2.08. The van der Waals surface area contributed by atoms with Crippen molar-refractivity contribution < 1.29 is 13.5 Å². The van der Waals surface area contributed by atoms with E-state index >= 15 is 0 Å². The van der Waals surface area contributed by atoms with E-state index in [1.54, 1.807) is 24.3 Å². The summed E-state index contributed by atoms with van der Waals surface area (Å²) >= 11 is 5.71. The third-order valence-electron chi connectivity index (χ3n) is 2.22. The molecule has 94 valence electrons. The molecule has 0 amide bonds. The molecule has 2 aromatic rings. The molecular weight excluding hydrogens is 274 g/mol. The molecule has 0 bridgehead atoms. The second-order valence-electron chi connectivity index (χ2n) is 3.61. The molecule has 0 unspecified atom stereocenters. The number of rotatable bonds is 3. The molecular formula is C12H10ClNO3S. The highest BCUT2D eigenvalue weighted by molar-refractivity contribution is 7.92. The van der Waals surface area contributed by atoms with Gasteiger partial charge in [0.2, 0.25) is 0 Å². The lowest BCUT2D eigenvalue weighted by molar-refractivity contribution is 0.473. The minimum absolute atomic E-state index is 0.00236. The zero-order valence-corrected chi connectivity index (χ0v) is 10.7. The predicted octanol–water partition coefficient (Wildman–Crippen LogP) is 2.85. The van der Waals surface area contributed by atoms with E-state index in [9.17, 15) is 13.5 Å². The molecule has 6 heteroatoms. The van der Waals surface area contributed by atoms with E-state index in [0.29, 0.717) is 10.7 Å². The Hall–Kier alpha value is -1.72. The maximum atomic E-state index is 12.0. The predicted molar refractivity (Wildman–Crippen MR) is 70.4 cm³/mol. The molecule has 0 radical (unpaired) electrons. The smallest absolute Gasteiger partial charge is 0.262 e. The van der Waals surface area contributed by atoms with E-state index in [-0.39, 0.29) is 10.6 Å². The first-order valence-electron chi connectivity index (χ1n) is 5.05. The zero-order chi connectivity index (χ0) is 13.2. The summed E-state index contributed by atoms with van der Waals surface area (Å²) in [6.45, 7) is 0. The summed E-state index contributed by atoms with van der Waals surface area (Å²) < 4.78 is 26.4. The van der Waals surface area contributed by atoms with E-state index in [0.717, 1.165) is 0 Å². The van der Waals surface area contributed by atoms with Crippen molar-refractivity contribution in [2.75, 3.05) is 4.72 Å². The van der Waals surface area contributed by atoms with Crippen LogP contribution in [0.4, 0.5) is 5.69 Å². The number of phenols is 1. The van der Waals surface area contributed by atoms with Crippen molar-refractivity contribution in [1.82, 2.24) is 0 Å². The van der Waals surface area contributed by atoms with E-state index in [4.69, 9.17) is 11.6 Å². The number of hydrogen-bond donors (Lipinski definition) is 2. The van der Waals surface area contributed by atoms with Gasteiger partial charge >= 0.3 is 0 Å². The molecule has 2 N–H and O–H groups in total. The molecule has 0 aliphatic carbocycles. The highest BCUT2D eigenvalue weighted by Gasteiger charge is 2.14. The molecule has 0 aliphatic heterocycles. The van der Waals surface area contributed by atoms with Crippen LogP contribution in [-0.2, 0) is 10.0 Å². The molecule has 0 saturated carbocycles. The lowest BCUT2D eigenvalue weighted by Crippen LogP contribution is -2.12. The van der Waals surface area contributed by atoms with Crippen LogP contribution in [-0.4, -0.2) is 13.5 Å². The molecule has 18 heavy (non-hydrogen) atoms. The van der Waals surface area contributed by atoms with E-state index in [2.05, 4.69) is 4.72 Å². The number of phenolic OH excluding ortho intramolecular Hbond substituents is 1.